The van der Waals surface area contributed by atoms with E-state index < -0.39 is 64.4 Å². The number of allylic oxidation sites excluding steroid dienone is 22. The summed E-state index contributed by atoms with van der Waals surface area (Å²) < 4.78 is 39.2. The second-order valence-corrected chi connectivity index (χ2v) is 18.7. The van der Waals surface area contributed by atoms with Gasteiger partial charge in [-0.25, -0.2) is 4.57 Å². The zero-order valence-corrected chi connectivity index (χ0v) is 45.5. The number of phosphoric ester groups is 1. The van der Waals surface area contributed by atoms with Gasteiger partial charge in [0.2, 0.25) is 0 Å². The highest BCUT2D eigenvalue weighted by atomic mass is 31.2. The van der Waals surface area contributed by atoms with Gasteiger partial charge in [-0.1, -0.05) is 193 Å². The number of rotatable bonds is 48. The first kappa shape index (κ1) is 67.6. The molecule has 406 valence electrons. The molecule has 0 saturated heterocycles. The third kappa shape index (κ3) is 50.6. The summed E-state index contributed by atoms with van der Waals surface area (Å²) in [6.07, 6.45) is 65.9. The summed E-state index contributed by atoms with van der Waals surface area (Å²) in [5.74, 6) is -1.69. The molecule has 0 aliphatic heterocycles. The van der Waals surface area contributed by atoms with Crippen molar-refractivity contribution >= 4 is 25.7 Å². The highest BCUT2D eigenvalue weighted by Gasteiger charge is 2.28. The number of aliphatic hydroxyl groups is 1. The van der Waals surface area contributed by atoms with Crippen molar-refractivity contribution in [2.24, 2.45) is 0 Å². The number of hydrogen-bond acceptors (Lipinski definition) is 10. The molecule has 0 aromatic carbocycles. The van der Waals surface area contributed by atoms with E-state index in [9.17, 15) is 28.9 Å². The quantitative estimate of drug-likeness (QED) is 0.0197. The van der Waals surface area contributed by atoms with E-state index in [2.05, 4.69) is 130 Å². The molecule has 0 rings (SSSR count). The molecule has 72 heavy (non-hydrogen) atoms. The highest BCUT2D eigenvalue weighted by molar-refractivity contribution is 7.47. The van der Waals surface area contributed by atoms with Crippen molar-refractivity contribution in [2.75, 3.05) is 26.4 Å². The average molecular weight is 1020 g/mol. The molecule has 0 spiro atoms. The molecule has 0 aliphatic carbocycles. The van der Waals surface area contributed by atoms with Gasteiger partial charge in [-0.2, -0.15) is 0 Å². The van der Waals surface area contributed by atoms with Crippen LogP contribution in [-0.2, 0) is 42.2 Å². The van der Waals surface area contributed by atoms with Crippen molar-refractivity contribution in [1.82, 2.24) is 0 Å². The van der Waals surface area contributed by atoms with Gasteiger partial charge in [-0.15, -0.1) is 0 Å². The second-order valence-electron chi connectivity index (χ2n) is 17.3. The zero-order chi connectivity index (χ0) is 52.7. The van der Waals surface area contributed by atoms with E-state index in [0.29, 0.717) is 25.7 Å². The molecule has 3 atom stereocenters. The molecule has 0 aliphatic rings. The Bertz CT molecular complexity index is 1710. The van der Waals surface area contributed by atoms with E-state index in [1.54, 1.807) is 0 Å². The van der Waals surface area contributed by atoms with Gasteiger partial charge in [0.05, 0.1) is 19.8 Å². The second kappa shape index (κ2) is 52.9. The number of carbonyl (C=O) groups excluding carboxylic acids is 3. The first-order valence-corrected chi connectivity index (χ1v) is 28.6. The monoisotopic (exact) mass is 1020 g/mol. The Morgan fingerprint density at radius 3 is 1.19 bits per heavy atom. The lowest BCUT2D eigenvalue weighted by Gasteiger charge is -2.21. The SMILES string of the molecule is CC/C=C\C/C=C\C/C=C\C/C=C\C/C=C\C/C=C\CCC(=O)OC(COC(=O)CC/C=C\C/C=C\C/C=C\C/C=C\CC)COP(=O)(O)OCC(CO)OC(=O)CCCCCCC/C=C\CCCCCC. The fraction of sp³-hybridized carbons (Fsp3) is 0.583. The minimum atomic E-state index is -4.79. The van der Waals surface area contributed by atoms with E-state index in [1.165, 1.54) is 25.7 Å². The predicted molar refractivity (Wildman–Crippen MR) is 297 cm³/mol. The van der Waals surface area contributed by atoms with Crippen LogP contribution in [0.15, 0.2) is 134 Å². The summed E-state index contributed by atoms with van der Waals surface area (Å²) in [6, 6.07) is 0. The Labute approximate surface area is 436 Å². The number of esters is 3. The fourth-order valence-corrected chi connectivity index (χ4v) is 7.29. The summed E-state index contributed by atoms with van der Waals surface area (Å²) in [5.41, 5.74) is 0. The van der Waals surface area contributed by atoms with Gasteiger partial charge in [0.15, 0.2) is 6.10 Å². The number of hydrogen-bond donors (Lipinski definition) is 2. The van der Waals surface area contributed by atoms with Gasteiger partial charge in [0.1, 0.15) is 12.7 Å². The van der Waals surface area contributed by atoms with Crippen LogP contribution >= 0.6 is 7.82 Å². The van der Waals surface area contributed by atoms with Crippen LogP contribution in [0.4, 0.5) is 0 Å². The Balaban J connectivity index is 4.95. The molecule has 0 aromatic rings. The molecule has 3 unspecified atom stereocenters. The predicted octanol–water partition coefficient (Wildman–Crippen LogP) is 15.8. The molecule has 12 heteroatoms. The van der Waals surface area contributed by atoms with Gasteiger partial charge in [-0.3, -0.25) is 23.4 Å². The van der Waals surface area contributed by atoms with Crippen LogP contribution in [0.3, 0.4) is 0 Å². The smallest absolute Gasteiger partial charge is 0.462 e. The Hall–Kier alpha value is -4.38. The number of aliphatic hydroxyl groups excluding tert-OH is 1. The normalized spacial score (nSPS) is 14.5. The van der Waals surface area contributed by atoms with Crippen LogP contribution in [0.1, 0.15) is 188 Å². The number of unbranched alkanes of at least 4 members (excludes halogenated alkanes) is 9. The molecular weight excluding hydrogens is 928 g/mol. The molecule has 2 N–H and O–H groups in total. The Morgan fingerprint density at radius 1 is 0.403 bits per heavy atom. The van der Waals surface area contributed by atoms with E-state index in [4.69, 9.17) is 23.3 Å². The van der Waals surface area contributed by atoms with E-state index >= 15 is 0 Å². The molecule has 0 heterocycles. The molecule has 0 saturated carbocycles. The van der Waals surface area contributed by atoms with Gasteiger partial charge in [0, 0.05) is 19.3 Å². The first-order valence-electron chi connectivity index (χ1n) is 27.1. The highest BCUT2D eigenvalue weighted by Crippen LogP contribution is 2.43. The van der Waals surface area contributed by atoms with E-state index in [-0.39, 0.29) is 19.3 Å². The topological polar surface area (TPSA) is 155 Å². The zero-order valence-electron chi connectivity index (χ0n) is 44.6. The van der Waals surface area contributed by atoms with Crippen molar-refractivity contribution in [2.45, 2.75) is 200 Å². The van der Waals surface area contributed by atoms with Crippen LogP contribution in [0, 0.1) is 0 Å². The van der Waals surface area contributed by atoms with Crippen molar-refractivity contribution in [3.8, 4) is 0 Å². The first-order chi connectivity index (χ1) is 35.2. The average Bonchev–Trinajstić information content (AvgIpc) is 3.37. The minimum Gasteiger partial charge on any atom is -0.462 e. The lowest BCUT2D eigenvalue weighted by molar-refractivity contribution is -0.161. The van der Waals surface area contributed by atoms with Crippen LogP contribution in [-0.4, -0.2) is 66.5 Å². The molecular formula is C60H95O11P. The maximum Gasteiger partial charge on any atom is 0.472 e. The van der Waals surface area contributed by atoms with E-state index in [1.807, 2.05) is 24.3 Å². The van der Waals surface area contributed by atoms with Gasteiger partial charge in [0.25, 0.3) is 0 Å². The Morgan fingerprint density at radius 2 is 0.750 bits per heavy atom. The van der Waals surface area contributed by atoms with Crippen molar-refractivity contribution in [1.29, 1.82) is 0 Å². The largest absolute Gasteiger partial charge is 0.472 e. The van der Waals surface area contributed by atoms with Crippen LogP contribution < -0.4 is 0 Å². The molecule has 0 fully saturated rings. The standard InChI is InChI=1S/C60H95O11P/c1-4-7-10-13-16-19-22-25-26-27-28-29-30-33-36-39-42-45-48-51-60(64)71-57(53-67-58(62)49-46-43-40-37-34-31-23-20-17-14-11-8-5-2)55-69-72(65,66)68-54-56(52-61)70-59(63)50-47-44-41-38-35-32-24-21-18-15-12-9-6-3/h7-8,10-11,16-17,19-21,24-26,28-29,31,33-34,36,40,42-43,45,56-57,61H,4-6,9,12-15,18,22-23,27,30,32,35,37-39,41,44,46-55H2,1-3H3,(H,65,66)/b10-7-,11-8-,19-16-,20-17-,24-21-,26-25-,29-28-,34-31-,36-33-,43-40-,45-42-. The van der Waals surface area contributed by atoms with Crippen LogP contribution in [0.2, 0.25) is 0 Å². The lowest BCUT2D eigenvalue weighted by Crippen LogP contribution is -2.30. The third-order valence-electron chi connectivity index (χ3n) is 10.6. The van der Waals surface area contributed by atoms with Crippen LogP contribution in [0.25, 0.3) is 0 Å². The Kier molecular flexibility index (Phi) is 49.7. The van der Waals surface area contributed by atoms with Gasteiger partial charge in [-0.05, 0) is 109 Å². The fourth-order valence-electron chi connectivity index (χ4n) is 6.51. The molecule has 0 bridgehead atoms. The molecule has 0 amide bonds. The van der Waals surface area contributed by atoms with E-state index in [0.717, 1.165) is 96.3 Å². The minimum absolute atomic E-state index is 0.0200. The molecule has 11 nitrogen and oxygen atoms in total. The number of ether oxygens (including phenoxy) is 3. The van der Waals surface area contributed by atoms with Gasteiger partial charge < -0.3 is 24.2 Å². The summed E-state index contributed by atoms with van der Waals surface area (Å²) in [5, 5.41) is 9.78. The van der Waals surface area contributed by atoms with Crippen molar-refractivity contribution < 1.29 is 52.2 Å². The number of carbonyl (C=O) groups is 3. The summed E-state index contributed by atoms with van der Waals surface area (Å²) in [7, 11) is -4.79. The van der Waals surface area contributed by atoms with Crippen molar-refractivity contribution in [3.63, 3.8) is 0 Å². The molecule has 0 aromatic heterocycles. The number of phosphoric acid groups is 1. The summed E-state index contributed by atoms with van der Waals surface area (Å²) in [4.78, 5) is 48.3. The molecule has 0 radical (unpaired) electrons. The van der Waals surface area contributed by atoms with Crippen molar-refractivity contribution in [3.05, 3.63) is 134 Å². The third-order valence-corrected chi connectivity index (χ3v) is 11.5. The summed E-state index contributed by atoms with van der Waals surface area (Å²) >= 11 is 0. The maximum atomic E-state index is 12.9. The van der Waals surface area contributed by atoms with Gasteiger partial charge >= 0.3 is 25.7 Å². The van der Waals surface area contributed by atoms with Crippen LogP contribution in [0.5, 0.6) is 0 Å². The maximum absolute atomic E-state index is 12.9. The lowest BCUT2D eigenvalue weighted by atomic mass is 10.1. The summed E-state index contributed by atoms with van der Waals surface area (Å²) in [6.45, 7) is 4.18.